The molecular weight excluding hydrogens is 218 g/mol. The number of nitrogens with two attached hydrogens (primary N) is 1. The molecule has 0 aromatic rings. The van der Waals surface area contributed by atoms with E-state index in [1.807, 2.05) is 0 Å². The van der Waals surface area contributed by atoms with Gasteiger partial charge in [0.25, 0.3) is 0 Å². The van der Waals surface area contributed by atoms with Crippen LogP contribution in [0.1, 0.15) is 46.5 Å². The van der Waals surface area contributed by atoms with Gasteiger partial charge in [-0.3, -0.25) is 0 Å². The van der Waals surface area contributed by atoms with Gasteiger partial charge in [0.1, 0.15) is 6.61 Å². The summed E-state index contributed by atoms with van der Waals surface area (Å²) in [7, 11) is 0. The molecular formula is C13H25NO3. The Morgan fingerprint density at radius 3 is 2.29 bits per heavy atom. The van der Waals surface area contributed by atoms with Gasteiger partial charge in [-0.2, -0.15) is 0 Å². The van der Waals surface area contributed by atoms with Crippen LogP contribution in [0.4, 0.5) is 0 Å². The fourth-order valence-electron chi connectivity index (χ4n) is 2.63. The summed E-state index contributed by atoms with van der Waals surface area (Å²) >= 11 is 0. The smallest absolute Gasteiger partial charge is 0.329 e. The zero-order valence-corrected chi connectivity index (χ0v) is 11.2. The molecule has 0 radical (unpaired) electrons. The first-order valence-electron chi connectivity index (χ1n) is 6.35. The number of carbonyl (C=O) groups is 1. The van der Waals surface area contributed by atoms with Crippen molar-refractivity contribution in [3.63, 3.8) is 0 Å². The molecule has 0 bridgehead atoms. The lowest BCUT2D eigenvalue weighted by Crippen LogP contribution is -2.46. The lowest BCUT2D eigenvalue weighted by molar-refractivity contribution is -0.153. The first kappa shape index (κ1) is 14.5. The van der Waals surface area contributed by atoms with E-state index < -0.39 is 11.6 Å². The monoisotopic (exact) mass is 243 g/mol. The maximum atomic E-state index is 10.6. The molecule has 0 saturated heterocycles. The van der Waals surface area contributed by atoms with E-state index in [0.29, 0.717) is 17.9 Å². The summed E-state index contributed by atoms with van der Waals surface area (Å²) in [6.07, 6.45) is 3.89. The summed E-state index contributed by atoms with van der Waals surface area (Å²) in [6.45, 7) is 6.94. The number of hydrogen-bond acceptors (Lipinski definition) is 3. The lowest BCUT2D eigenvalue weighted by Gasteiger charge is -2.43. The molecule has 1 fully saturated rings. The van der Waals surface area contributed by atoms with Crippen molar-refractivity contribution in [2.24, 2.45) is 17.1 Å². The first-order valence-corrected chi connectivity index (χ1v) is 6.35. The third kappa shape index (κ3) is 3.96. The zero-order valence-electron chi connectivity index (χ0n) is 11.2. The van der Waals surface area contributed by atoms with E-state index in [1.165, 1.54) is 0 Å². The molecule has 0 spiro atoms. The Labute approximate surface area is 104 Å². The van der Waals surface area contributed by atoms with E-state index in [2.05, 4.69) is 20.8 Å². The molecule has 1 rings (SSSR count). The van der Waals surface area contributed by atoms with E-state index in [9.17, 15) is 4.79 Å². The van der Waals surface area contributed by atoms with Gasteiger partial charge in [-0.25, -0.2) is 4.79 Å². The van der Waals surface area contributed by atoms with Crippen LogP contribution in [0.25, 0.3) is 0 Å². The highest BCUT2D eigenvalue weighted by Crippen LogP contribution is 2.42. The minimum absolute atomic E-state index is 0.239. The van der Waals surface area contributed by atoms with Crippen LogP contribution in [0, 0.1) is 11.3 Å². The minimum Gasteiger partial charge on any atom is -0.480 e. The third-order valence-corrected chi connectivity index (χ3v) is 4.00. The Balaban J connectivity index is 2.54. The summed E-state index contributed by atoms with van der Waals surface area (Å²) in [6, 6.07) is 0. The number of carboxylic acid groups (broad SMARTS) is 1. The van der Waals surface area contributed by atoms with Gasteiger partial charge in [0.15, 0.2) is 0 Å². The Morgan fingerprint density at radius 1 is 1.41 bits per heavy atom. The van der Waals surface area contributed by atoms with Crippen LogP contribution in [-0.2, 0) is 9.53 Å². The van der Waals surface area contributed by atoms with Crippen LogP contribution < -0.4 is 5.73 Å². The predicted octanol–water partition coefficient (Wildman–Crippen LogP) is 2.02. The van der Waals surface area contributed by atoms with E-state index >= 15 is 0 Å². The average Bonchev–Trinajstić information content (AvgIpc) is 2.26. The molecule has 0 aromatic carbocycles. The highest BCUT2D eigenvalue weighted by Gasteiger charge is 2.38. The molecule has 0 unspecified atom stereocenters. The summed E-state index contributed by atoms with van der Waals surface area (Å²) in [5.41, 5.74) is 5.67. The Bertz CT molecular complexity index is 262. The van der Waals surface area contributed by atoms with Crippen LogP contribution in [0.15, 0.2) is 0 Å². The number of hydrogen-bond donors (Lipinski definition) is 2. The van der Waals surface area contributed by atoms with Gasteiger partial charge in [0.05, 0.1) is 5.60 Å². The number of aliphatic carboxylic acids is 1. The topological polar surface area (TPSA) is 72.5 Å². The second kappa shape index (κ2) is 5.36. The standard InChI is InChI=1S/C13H25NO3/c1-12(2,3)10-4-6-13(9-14,7-5-10)17-8-11(15)16/h10H,4-9,14H2,1-3H3,(H,15,16). The zero-order chi connectivity index (χ0) is 13.1. The fraction of sp³-hybridized carbons (Fsp3) is 0.923. The van der Waals surface area contributed by atoms with Crippen molar-refractivity contribution < 1.29 is 14.6 Å². The van der Waals surface area contributed by atoms with Gasteiger partial charge in [0, 0.05) is 6.54 Å². The number of ether oxygens (including phenoxy) is 1. The lowest BCUT2D eigenvalue weighted by atomic mass is 9.68. The van der Waals surface area contributed by atoms with Crippen molar-refractivity contribution in [2.45, 2.75) is 52.1 Å². The van der Waals surface area contributed by atoms with E-state index in [4.69, 9.17) is 15.6 Å². The third-order valence-electron chi connectivity index (χ3n) is 4.00. The molecule has 0 atom stereocenters. The molecule has 0 aromatic heterocycles. The van der Waals surface area contributed by atoms with E-state index in [0.717, 1.165) is 25.7 Å². The van der Waals surface area contributed by atoms with Crippen molar-refractivity contribution in [3.8, 4) is 0 Å². The molecule has 100 valence electrons. The van der Waals surface area contributed by atoms with Crippen LogP contribution in [0.2, 0.25) is 0 Å². The van der Waals surface area contributed by atoms with Crippen molar-refractivity contribution in [1.82, 2.24) is 0 Å². The van der Waals surface area contributed by atoms with Gasteiger partial charge in [-0.15, -0.1) is 0 Å². The first-order chi connectivity index (χ1) is 7.79. The fourth-order valence-corrected chi connectivity index (χ4v) is 2.63. The van der Waals surface area contributed by atoms with Crippen molar-refractivity contribution in [2.75, 3.05) is 13.2 Å². The van der Waals surface area contributed by atoms with Crippen LogP contribution >= 0.6 is 0 Å². The molecule has 1 aliphatic rings. The molecule has 1 aliphatic carbocycles. The molecule has 0 aliphatic heterocycles. The largest absolute Gasteiger partial charge is 0.480 e. The second-order valence-corrected chi connectivity index (χ2v) is 6.21. The van der Waals surface area contributed by atoms with Gasteiger partial charge in [-0.05, 0) is 37.0 Å². The maximum Gasteiger partial charge on any atom is 0.329 e. The predicted molar refractivity (Wildman–Crippen MR) is 66.8 cm³/mol. The van der Waals surface area contributed by atoms with Gasteiger partial charge in [-0.1, -0.05) is 20.8 Å². The quantitative estimate of drug-likeness (QED) is 0.792. The summed E-state index contributed by atoms with van der Waals surface area (Å²) in [4.78, 5) is 10.6. The second-order valence-electron chi connectivity index (χ2n) is 6.21. The molecule has 3 N–H and O–H groups in total. The van der Waals surface area contributed by atoms with Gasteiger partial charge < -0.3 is 15.6 Å². The van der Waals surface area contributed by atoms with E-state index in [1.54, 1.807) is 0 Å². The van der Waals surface area contributed by atoms with Crippen LogP contribution in [-0.4, -0.2) is 29.8 Å². The number of rotatable bonds is 4. The molecule has 17 heavy (non-hydrogen) atoms. The highest BCUT2D eigenvalue weighted by molar-refractivity contribution is 5.68. The average molecular weight is 243 g/mol. The molecule has 0 heterocycles. The van der Waals surface area contributed by atoms with Crippen LogP contribution in [0.3, 0.4) is 0 Å². The van der Waals surface area contributed by atoms with Gasteiger partial charge >= 0.3 is 5.97 Å². The van der Waals surface area contributed by atoms with Crippen LogP contribution in [0.5, 0.6) is 0 Å². The molecule has 0 amide bonds. The summed E-state index contributed by atoms with van der Waals surface area (Å²) in [5, 5.41) is 8.67. The Hall–Kier alpha value is -0.610. The molecule has 4 nitrogen and oxygen atoms in total. The minimum atomic E-state index is -0.921. The van der Waals surface area contributed by atoms with Crippen molar-refractivity contribution in [3.05, 3.63) is 0 Å². The van der Waals surface area contributed by atoms with Crippen molar-refractivity contribution in [1.29, 1.82) is 0 Å². The molecule has 4 heteroatoms. The Kier molecular flexibility index (Phi) is 4.55. The maximum absolute atomic E-state index is 10.6. The van der Waals surface area contributed by atoms with Gasteiger partial charge in [0.2, 0.25) is 0 Å². The highest BCUT2D eigenvalue weighted by atomic mass is 16.5. The van der Waals surface area contributed by atoms with Crippen molar-refractivity contribution >= 4 is 5.97 Å². The normalized spacial score (nSPS) is 30.2. The number of carboxylic acids is 1. The summed E-state index contributed by atoms with van der Waals surface area (Å²) in [5.74, 6) is -0.244. The Morgan fingerprint density at radius 2 is 1.94 bits per heavy atom. The molecule has 1 saturated carbocycles. The van der Waals surface area contributed by atoms with E-state index in [-0.39, 0.29) is 6.61 Å². The SMILES string of the molecule is CC(C)(C)C1CCC(CN)(OCC(=O)O)CC1. The summed E-state index contributed by atoms with van der Waals surface area (Å²) < 4.78 is 5.52.